The van der Waals surface area contributed by atoms with Crippen molar-refractivity contribution in [3.05, 3.63) is 0 Å². The lowest BCUT2D eigenvalue weighted by molar-refractivity contribution is -0.126. The van der Waals surface area contributed by atoms with Gasteiger partial charge in [-0.25, -0.2) is 0 Å². The van der Waals surface area contributed by atoms with Crippen molar-refractivity contribution in [2.75, 3.05) is 6.54 Å². The fraction of sp³-hybridized carbons (Fsp3) is 0.941. The lowest BCUT2D eigenvalue weighted by atomic mass is 9.86. The highest BCUT2D eigenvalue weighted by Gasteiger charge is 2.28. The van der Waals surface area contributed by atoms with Gasteiger partial charge in [-0.3, -0.25) is 4.79 Å². The molecule has 0 bridgehead atoms. The normalized spacial score (nSPS) is 24.2. The summed E-state index contributed by atoms with van der Waals surface area (Å²) >= 11 is 0. The molecule has 3 heteroatoms. The van der Waals surface area contributed by atoms with E-state index in [1.54, 1.807) is 0 Å². The molecule has 3 nitrogen and oxygen atoms in total. The zero-order valence-corrected chi connectivity index (χ0v) is 13.7. The lowest BCUT2D eigenvalue weighted by Crippen LogP contribution is -2.44. The molecule has 2 unspecified atom stereocenters. The molecule has 0 radical (unpaired) electrons. The quantitative estimate of drug-likeness (QED) is 0.553. The minimum Gasteiger partial charge on any atom is -0.355 e. The third-order valence-corrected chi connectivity index (χ3v) is 4.60. The van der Waals surface area contributed by atoms with Crippen LogP contribution in [-0.2, 0) is 4.79 Å². The summed E-state index contributed by atoms with van der Waals surface area (Å²) in [7, 11) is 0. The topological polar surface area (TPSA) is 55.1 Å². The van der Waals surface area contributed by atoms with Crippen molar-refractivity contribution >= 4 is 5.91 Å². The van der Waals surface area contributed by atoms with Crippen molar-refractivity contribution in [3.8, 4) is 0 Å². The van der Waals surface area contributed by atoms with E-state index in [2.05, 4.69) is 26.1 Å². The van der Waals surface area contributed by atoms with Gasteiger partial charge in [-0.15, -0.1) is 0 Å². The Morgan fingerprint density at radius 3 is 2.60 bits per heavy atom. The van der Waals surface area contributed by atoms with Crippen molar-refractivity contribution in [2.24, 2.45) is 17.1 Å². The number of amides is 1. The van der Waals surface area contributed by atoms with E-state index in [0.717, 1.165) is 25.8 Å². The van der Waals surface area contributed by atoms with Gasteiger partial charge in [0.25, 0.3) is 0 Å². The molecule has 2 atom stereocenters. The molecule has 1 fully saturated rings. The van der Waals surface area contributed by atoms with Crippen molar-refractivity contribution in [1.82, 2.24) is 5.32 Å². The largest absolute Gasteiger partial charge is 0.355 e. The molecule has 0 aromatic rings. The first-order chi connectivity index (χ1) is 9.46. The molecule has 3 N–H and O–H groups in total. The van der Waals surface area contributed by atoms with Crippen LogP contribution in [0.1, 0.15) is 78.6 Å². The molecule has 0 aromatic heterocycles. The van der Waals surface area contributed by atoms with E-state index in [1.807, 2.05) is 0 Å². The van der Waals surface area contributed by atoms with Crippen LogP contribution in [-0.4, -0.2) is 18.5 Å². The number of nitrogens with two attached hydrogens (primary N) is 1. The van der Waals surface area contributed by atoms with Gasteiger partial charge in [0, 0.05) is 12.6 Å². The molecular weight excluding hydrogens is 248 g/mol. The predicted octanol–water partition coefficient (Wildman–Crippen LogP) is 3.62. The Bertz CT molecular complexity index is 289. The van der Waals surface area contributed by atoms with Crippen molar-refractivity contribution in [2.45, 2.75) is 84.6 Å². The van der Waals surface area contributed by atoms with E-state index in [9.17, 15) is 4.79 Å². The number of carbonyl (C=O) groups excluding carboxylic acids is 1. The van der Waals surface area contributed by atoms with Gasteiger partial charge in [0.15, 0.2) is 0 Å². The molecule has 118 valence electrons. The number of unbranched alkanes of at least 4 members (excludes halogenated alkanes) is 2. The van der Waals surface area contributed by atoms with Gasteiger partial charge < -0.3 is 11.1 Å². The first kappa shape index (κ1) is 17.5. The van der Waals surface area contributed by atoms with Gasteiger partial charge >= 0.3 is 0 Å². The zero-order chi connectivity index (χ0) is 15.0. The van der Waals surface area contributed by atoms with E-state index in [-0.39, 0.29) is 23.3 Å². The third kappa shape index (κ3) is 6.25. The Balaban J connectivity index is 2.37. The van der Waals surface area contributed by atoms with Gasteiger partial charge in [0.1, 0.15) is 0 Å². The van der Waals surface area contributed by atoms with E-state index >= 15 is 0 Å². The number of carbonyl (C=O) groups is 1. The molecule has 20 heavy (non-hydrogen) atoms. The minimum absolute atomic E-state index is 0.0314. The summed E-state index contributed by atoms with van der Waals surface area (Å²) in [4.78, 5) is 12.3. The van der Waals surface area contributed by atoms with E-state index < -0.39 is 0 Å². The second kappa shape index (κ2) is 8.66. The first-order valence-corrected chi connectivity index (χ1v) is 8.49. The molecular formula is C17H34N2O. The maximum atomic E-state index is 12.3. The zero-order valence-electron chi connectivity index (χ0n) is 13.7. The van der Waals surface area contributed by atoms with Gasteiger partial charge in [-0.1, -0.05) is 59.3 Å². The fourth-order valence-electron chi connectivity index (χ4n) is 3.06. The monoisotopic (exact) mass is 282 g/mol. The van der Waals surface area contributed by atoms with Gasteiger partial charge in [0.05, 0.1) is 5.92 Å². The lowest BCUT2D eigenvalue weighted by Gasteiger charge is -2.27. The molecule has 0 aromatic carbocycles. The SMILES string of the molecule is CCCCCC(C)(C)CNC(=O)C1CCCCCC1N. The number of hydrogen-bond acceptors (Lipinski definition) is 2. The molecule has 1 saturated carbocycles. The minimum atomic E-state index is 0.0314. The highest BCUT2D eigenvalue weighted by atomic mass is 16.1. The summed E-state index contributed by atoms with van der Waals surface area (Å²) in [5, 5.41) is 3.16. The van der Waals surface area contributed by atoms with Crippen LogP contribution in [0.2, 0.25) is 0 Å². The molecule has 1 amide bonds. The summed E-state index contributed by atoms with van der Waals surface area (Å²) in [6, 6.07) is 0.0562. The molecule has 1 aliphatic carbocycles. The summed E-state index contributed by atoms with van der Waals surface area (Å²) in [6.45, 7) is 7.49. The Labute approximate surface area is 125 Å². The van der Waals surface area contributed by atoms with Crippen LogP contribution in [0, 0.1) is 11.3 Å². The van der Waals surface area contributed by atoms with Gasteiger partial charge in [0.2, 0.25) is 5.91 Å². The molecule has 0 heterocycles. The Morgan fingerprint density at radius 1 is 1.20 bits per heavy atom. The van der Waals surface area contributed by atoms with E-state index in [4.69, 9.17) is 5.73 Å². The summed E-state index contributed by atoms with van der Waals surface area (Å²) in [6.07, 6.45) is 10.5. The van der Waals surface area contributed by atoms with E-state index in [0.29, 0.717) is 0 Å². The van der Waals surface area contributed by atoms with Crippen molar-refractivity contribution < 1.29 is 4.79 Å². The Morgan fingerprint density at radius 2 is 1.90 bits per heavy atom. The Kier molecular flexibility index (Phi) is 7.57. The predicted molar refractivity (Wildman–Crippen MR) is 85.5 cm³/mol. The maximum absolute atomic E-state index is 12.3. The fourth-order valence-corrected chi connectivity index (χ4v) is 3.06. The van der Waals surface area contributed by atoms with Crippen LogP contribution in [0.3, 0.4) is 0 Å². The third-order valence-electron chi connectivity index (χ3n) is 4.60. The molecule has 0 aliphatic heterocycles. The summed E-state index contributed by atoms with van der Waals surface area (Å²) in [5.74, 6) is 0.215. The van der Waals surface area contributed by atoms with Crippen LogP contribution in [0.4, 0.5) is 0 Å². The number of hydrogen-bond donors (Lipinski definition) is 2. The van der Waals surface area contributed by atoms with Crippen LogP contribution >= 0.6 is 0 Å². The summed E-state index contributed by atoms with van der Waals surface area (Å²) < 4.78 is 0. The maximum Gasteiger partial charge on any atom is 0.224 e. The van der Waals surface area contributed by atoms with Crippen molar-refractivity contribution in [3.63, 3.8) is 0 Å². The molecule has 0 saturated heterocycles. The van der Waals surface area contributed by atoms with E-state index in [1.165, 1.54) is 38.5 Å². The highest BCUT2D eigenvalue weighted by Crippen LogP contribution is 2.25. The molecule has 1 aliphatic rings. The van der Waals surface area contributed by atoms with Crippen LogP contribution in [0.5, 0.6) is 0 Å². The average Bonchev–Trinajstić information content (AvgIpc) is 2.61. The second-order valence-electron chi connectivity index (χ2n) is 7.25. The van der Waals surface area contributed by atoms with Gasteiger partial charge in [-0.2, -0.15) is 0 Å². The Hall–Kier alpha value is -0.570. The van der Waals surface area contributed by atoms with Crippen LogP contribution < -0.4 is 11.1 Å². The van der Waals surface area contributed by atoms with Crippen molar-refractivity contribution in [1.29, 1.82) is 0 Å². The van der Waals surface area contributed by atoms with Crippen LogP contribution in [0.25, 0.3) is 0 Å². The molecule has 0 spiro atoms. The number of rotatable bonds is 7. The van der Waals surface area contributed by atoms with Gasteiger partial charge in [-0.05, 0) is 24.7 Å². The molecule has 1 rings (SSSR count). The number of nitrogens with one attached hydrogen (secondary N) is 1. The van der Waals surface area contributed by atoms with Crippen LogP contribution in [0.15, 0.2) is 0 Å². The smallest absolute Gasteiger partial charge is 0.224 e. The standard InChI is InChI=1S/C17H34N2O/c1-4-5-9-12-17(2,3)13-19-16(20)14-10-7-6-8-11-15(14)18/h14-15H,4-13,18H2,1-3H3,(H,19,20). The average molecular weight is 282 g/mol. The first-order valence-electron chi connectivity index (χ1n) is 8.49. The summed E-state index contributed by atoms with van der Waals surface area (Å²) in [5.41, 5.74) is 6.35. The highest BCUT2D eigenvalue weighted by molar-refractivity contribution is 5.79. The second-order valence-corrected chi connectivity index (χ2v) is 7.25.